The topological polar surface area (TPSA) is 38.8 Å². The van der Waals surface area contributed by atoms with Crippen molar-refractivity contribution in [2.45, 2.75) is 38.7 Å². The van der Waals surface area contributed by atoms with Crippen LogP contribution in [-0.2, 0) is 14.3 Å². The molecule has 3 heteroatoms. The van der Waals surface area contributed by atoms with Crippen molar-refractivity contribution in [1.82, 2.24) is 0 Å². The predicted octanol–water partition coefficient (Wildman–Crippen LogP) is 1.51. The molecule has 0 N–H and O–H groups in total. The molecule has 1 unspecified atom stereocenters. The smallest absolute Gasteiger partial charge is 0.305 e. The van der Waals surface area contributed by atoms with Crippen LogP contribution < -0.4 is 0 Å². The summed E-state index contributed by atoms with van der Waals surface area (Å²) in [5.41, 5.74) is 0. The molecular formula is C9H16O3. The van der Waals surface area contributed by atoms with Gasteiger partial charge < -0.3 is 9.47 Å². The van der Waals surface area contributed by atoms with Crippen LogP contribution in [-0.4, -0.2) is 25.3 Å². The van der Waals surface area contributed by atoms with E-state index in [2.05, 4.69) is 6.92 Å². The number of hydrogen-bond acceptors (Lipinski definition) is 3. The number of hydrogen-bond donors (Lipinski definition) is 0. The first-order valence-corrected chi connectivity index (χ1v) is 4.56. The van der Waals surface area contributed by atoms with Gasteiger partial charge in [0, 0.05) is 6.42 Å². The van der Waals surface area contributed by atoms with E-state index in [0.717, 1.165) is 25.9 Å². The zero-order valence-corrected chi connectivity index (χ0v) is 7.54. The molecule has 1 atom stereocenters. The average Bonchev–Trinajstić information content (AvgIpc) is 2.81. The van der Waals surface area contributed by atoms with E-state index in [0.29, 0.717) is 19.1 Å². The maximum atomic E-state index is 10.5. The molecule has 0 spiro atoms. The lowest BCUT2D eigenvalue weighted by Crippen LogP contribution is -2.00. The molecule has 2 heterocycles. The lowest BCUT2D eigenvalue weighted by molar-refractivity contribution is -0.142. The summed E-state index contributed by atoms with van der Waals surface area (Å²) in [6.07, 6.45) is 4.41. The van der Waals surface area contributed by atoms with Crippen molar-refractivity contribution in [1.29, 1.82) is 0 Å². The Balaban J connectivity index is 0.000000150. The Morgan fingerprint density at radius 1 is 1.33 bits per heavy atom. The molecular weight excluding hydrogens is 156 g/mol. The van der Waals surface area contributed by atoms with Crippen molar-refractivity contribution >= 4 is 5.97 Å². The summed E-state index contributed by atoms with van der Waals surface area (Å²) in [4.78, 5) is 10.5. The third-order valence-corrected chi connectivity index (χ3v) is 1.79. The first-order valence-electron chi connectivity index (χ1n) is 4.56. The molecule has 0 aromatic heterocycles. The predicted molar refractivity (Wildman–Crippen MR) is 44.8 cm³/mol. The molecule has 2 rings (SSSR count). The highest BCUT2D eigenvalue weighted by molar-refractivity contribution is 5.69. The van der Waals surface area contributed by atoms with E-state index in [9.17, 15) is 4.79 Å². The van der Waals surface area contributed by atoms with Crippen LogP contribution in [0.15, 0.2) is 0 Å². The number of ether oxygens (including phenoxy) is 2. The van der Waals surface area contributed by atoms with Crippen LogP contribution in [0.5, 0.6) is 0 Å². The van der Waals surface area contributed by atoms with Gasteiger partial charge in [0.25, 0.3) is 0 Å². The molecule has 0 saturated carbocycles. The Hall–Kier alpha value is -0.570. The second-order valence-corrected chi connectivity index (χ2v) is 3.18. The standard InChI is InChI=1S/C6H10O2.C3H6O/c7-6-4-2-1-3-5-8-6;1-3-2-4-3/h1-5H2;3H,2H2,1H3. The van der Waals surface area contributed by atoms with Gasteiger partial charge >= 0.3 is 5.97 Å². The zero-order valence-electron chi connectivity index (χ0n) is 7.54. The van der Waals surface area contributed by atoms with E-state index >= 15 is 0 Å². The highest BCUT2D eigenvalue weighted by Gasteiger charge is 2.13. The van der Waals surface area contributed by atoms with E-state index in [4.69, 9.17) is 9.47 Å². The third-order valence-electron chi connectivity index (χ3n) is 1.79. The highest BCUT2D eigenvalue weighted by Crippen LogP contribution is 2.06. The molecule has 0 aromatic rings. The quantitative estimate of drug-likeness (QED) is 0.410. The average molecular weight is 172 g/mol. The maximum Gasteiger partial charge on any atom is 0.305 e. The van der Waals surface area contributed by atoms with Gasteiger partial charge in [0.05, 0.1) is 19.3 Å². The van der Waals surface area contributed by atoms with Crippen molar-refractivity contribution < 1.29 is 14.3 Å². The molecule has 2 aliphatic rings. The number of epoxide rings is 1. The van der Waals surface area contributed by atoms with E-state index in [1.165, 1.54) is 0 Å². The summed E-state index contributed by atoms with van der Waals surface area (Å²) in [5.74, 6) is -0.0255. The molecule has 12 heavy (non-hydrogen) atoms. The van der Waals surface area contributed by atoms with Crippen LogP contribution in [0.1, 0.15) is 32.6 Å². The van der Waals surface area contributed by atoms with E-state index < -0.39 is 0 Å². The summed E-state index contributed by atoms with van der Waals surface area (Å²) < 4.78 is 9.47. The molecule has 2 aliphatic heterocycles. The van der Waals surface area contributed by atoms with Crippen LogP contribution in [0.25, 0.3) is 0 Å². The monoisotopic (exact) mass is 172 g/mol. The largest absolute Gasteiger partial charge is 0.466 e. The van der Waals surface area contributed by atoms with Crippen LogP contribution >= 0.6 is 0 Å². The zero-order chi connectivity index (χ0) is 8.81. The Kier molecular flexibility index (Phi) is 4.08. The molecule has 0 radical (unpaired) electrons. The van der Waals surface area contributed by atoms with Crippen LogP contribution in [0.2, 0.25) is 0 Å². The van der Waals surface area contributed by atoms with Crippen LogP contribution in [0, 0.1) is 0 Å². The Labute approximate surface area is 73.0 Å². The summed E-state index contributed by atoms with van der Waals surface area (Å²) in [6.45, 7) is 3.68. The Morgan fingerprint density at radius 2 is 2.00 bits per heavy atom. The number of cyclic esters (lactones) is 1. The fourth-order valence-electron chi connectivity index (χ4n) is 0.903. The fourth-order valence-corrected chi connectivity index (χ4v) is 0.903. The van der Waals surface area contributed by atoms with Gasteiger partial charge in [-0.1, -0.05) is 0 Å². The molecule has 2 saturated heterocycles. The number of carbonyl (C=O) groups excluding carboxylic acids is 1. The van der Waals surface area contributed by atoms with Gasteiger partial charge in [0.15, 0.2) is 0 Å². The number of esters is 1. The molecule has 0 amide bonds. The molecule has 70 valence electrons. The van der Waals surface area contributed by atoms with Crippen LogP contribution in [0.3, 0.4) is 0 Å². The van der Waals surface area contributed by atoms with Gasteiger partial charge in [0.2, 0.25) is 0 Å². The summed E-state index contributed by atoms with van der Waals surface area (Å²) in [5, 5.41) is 0. The Bertz CT molecular complexity index is 131. The normalized spacial score (nSPS) is 27.8. The summed E-state index contributed by atoms with van der Waals surface area (Å²) >= 11 is 0. The van der Waals surface area contributed by atoms with Gasteiger partial charge in [0.1, 0.15) is 0 Å². The van der Waals surface area contributed by atoms with Gasteiger partial charge in [-0.3, -0.25) is 4.79 Å². The SMILES string of the molecule is CC1CO1.O=C1CCCCCO1. The van der Waals surface area contributed by atoms with E-state index in [1.807, 2.05) is 0 Å². The lowest BCUT2D eigenvalue weighted by atomic mass is 10.2. The van der Waals surface area contributed by atoms with E-state index in [-0.39, 0.29) is 5.97 Å². The minimum absolute atomic E-state index is 0.0255. The highest BCUT2D eigenvalue weighted by atomic mass is 16.6. The second kappa shape index (κ2) is 5.14. The molecule has 0 bridgehead atoms. The molecule has 0 aromatic carbocycles. The molecule has 0 aliphatic carbocycles. The first kappa shape index (κ1) is 9.52. The van der Waals surface area contributed by atoms with Crippen molar-refractivity contribution in [2.24, 2.45) is 0 Å². The third kappa shape index (κ3) is 5.13. The van der Waals surface area contributed by atoms with Gasteiger partial charge in [-0.15, -0.1) is 0 Å². The Morgan fingerprint density at radius 3 is 2.58 bits per heavy atom. The second-order valence-electron chi connectivity index (χ2n) is 3.18. The van der Waals surface area contributed by atoms with Crippen molar-refractivity contribution in [3.05, 3.63) is 0 Å². The van der Waals surface area contributed by atoms with Gasteiger partial charge in [-0.2, -0.15) is 0 Å². The number of carbonyl (C=O) groups is 1. The van der Waals surface area contributed by atoms with Gasteiger partial charge in [-0.05, 0) is 26.2 Å². The van der Waals surface area contributed by atoms with E-state index in [1.54, 1.807) is 0 Å². The number of rotatable bonds is 0. The molecule has 2 fully saturated rings. The maximum absolute atomic E-state index is 10.5. The minimum Gasteiger partial charge on any atom is -0.466 e. The first-order chi connectivity index (χ1) is 5.79. The van der Waals surface area contributed by atoms with Gasteiger partial charge in [-0.25, -0.2) is 0 Å². The molecule has 3 nitrogen and oxygen atoms in total. The summed E-state index contributed by atoms with van der Waals surface area (Å²) in [7, 11) is 0. The van der Waals surface area contributed by atoms with Crippen molar-refractivity contribution in [3.8, 4) is 0 Å². The van der Waals surface area contributed by atoms with Crippen LogP contribution in [0.4, 0.5) is 0 Å². The lowest BCUT2D eigenvalue weighted by Gasteiger charge is -1.93. The van der Waals surface area contributed by atoms with Crippen molar-refractivity contribution in [3.63, 3.8) is 0 Å². The van der Waals surface area contributed by atoms with Crippen molar-refractivity contribution in [2.75, 3.05) is 13.2 Å². The fraction of sp³-hybridized carbons (Fsp3) is 0.889. The minimum atomic E-state index is -0.0255. The summed E-state index contributed by atoms with van der Waals surface area (Å²) in [6, 6.07) is 0.